The fourth-order valence-corrected chi connectivity index (χ4v) is 4.48. The fourth-order valence-electron chi connectivity index (χ4n) is 3.34. The Bertz CT molecular complexity index is 1350. The van der Waals surface area contributed by atoms with E-state index in [4.69, 9.17) is 4.74 Å². The van der Waals surface area contributed by atoms with Crippen LogP contribution in [0, 0.1) is 6.92 Å². The topological polar surface area (TPSA) is 111 Å². The van der Waals surface area contributed by atoms with Crippen molar-refractivity contribution in [3.8, 4) is 11.4 Å². The Morgan fingerprint density at radius 2 is 1.74 bits per heavy atom. The highest BCUT2D eigenvalue weighted by Crippen LogP contribution is 2.35. The molecule has 0 spiro atoms. The van der Waals surface area contributed by atoms with Crippen LogP contribution < -0.4 is 20.3 Å². The molecule has 10 heteroatoms. The van der Waals surface area contributed by atoms with E-state index in [1.165, 1.54) is 22.9 Å². The second kappa shape index (κ2) is 7.02. The van der Waals surface area contributed by atoms with E-state index in [1.807, 2.05) is 6.07 Å². The molecule has 0 aliphatic carbocycles. The summed E-state index contributed by atoms with van der Waals surface area (Å²) >= 11 is 0. The maximum absolute atomic E-state index is 13.0. The number of sulfonamides is 1. The summed E-state index contributed by atoms with van der Waals surface area (Å²) in [5.41, 5.74) is -0.293. The number of hydrogen-bond acceptors (Lipinski definition) is 5. The summed E-state index contributed by atoms with van der Waals surface area (Å²) in [5.74, 6) is -0.0157. The third-order valence-corrected chi connectivity index (χ3v) is 6.56. The SMILES string of the molecule is Cc1c(NS(=O)(=O)c2ccc3c(c2)NC(=O)C(C)(C)O3)c(=O)n(-c2ccccc2)n1C. The van der Waals surface area contributed by atoms with Gasteiger partial charge in [0.15, 0.2) is 5.60 Å². The van der Waals surface area contributed by atoms with E-state index >= 15 is 0 Å². The maximum Gasteiger partial charge on any atom is 0.296 e. The standard InChI is InChI=1S/C21H22N4O5S/c1-13-18(19(26)25(24(13)4)14-8-6-5-7-9-14)23-31(28,29)15-10-11-17-16(12-15)22-20(27)21(2,3)30-17/h5-12,23H,1-4H3,(H,22,27). The van der Waals surface area contributed by atoms with Gasteiger partial charge >= 0.3 is 0 Å². The van der Waals surface area contributed by atoms with Crippen LogP contribution in [-0.4, -0.2) is 29.3 Å². The van der Waals surface area contributed by atoms with Crippen LogP contribution in [0.25, 0.3) is 5.69 Å². The smallest absolute Gasteiger partial charge is 0.296 e. The Morgan fingerprint density at radius 3 is 2.42 bits per heavy atom. The molecule has 3 aromatic rings. The minimum Gasteiger partial charge on any atom is -0.476 e. The van der Waals surface area contributed by atoms with Crippen molar-refractivity contribution in [3.05, 3.63) is 64.6 Å². The summed E-state index contributed by atoms with van der Waals surface area (Å²) in [7, 11) is -2.43. The number of carbonyl (C=O) groups excluding carboxylic acids is 1. The van der Waals surface area contributed by atoms with Crippen LogP contribution in [0.1, 0.15) is 19.5 Å². The molecule has 162 valence electrons. The Kier molecular flexibility index (Phi) is 4.69. The number of ether oxygens (including phenoxy) is 1. The van der Waals surface area contributed by atoms with Gasteiger partial charge in [0.05, 0.1) is 22.0 Å². The first-order valence-corrected chi connectivity index (χ1v) is 11.0. The van der Waals surface area contributed by atoms with Gasteiger partial charge in [0.25, 0.3) is 21.5 Å². The molecule has 0 fully saturated rings. The molecule has 9 nitrogen and oxygen atoms in total. The number of anilines is 2. The van der Waals surface area contributed by atoms with Gasteiger partial charge in [0.2, 0.25) is 0 Å². The molecule has 2 aromatic carbocycles. The monoisotopic (exact) mass is 442 g/mol. The molecule has 1 amide bonds. The molecule has 2 N–H and O–H groups in total. The third kappa shape index (κ3) is 3.48. The molecule has 0 unspecified atom stereocenters. The predicted molar refractivity (Wildman–Crippen MR) is 116 cm³/mol. The summed E-state index contributed by atoms with van der Waals surface area (Å²) in [6, 6.07) is 13.1. The maximum atomic E-state index is 13.0. The lowest BCUT2D eigenvalue weighted by atomic mass is 10.1. The molecule has 1 aliphatic heterocycles. The molecule has 2 heterocycles. The van der Waals surface area contributed by atoms with Crippen molar-refractivity contribution < 1.29 is 17.9 Å². The molecule has 1 aromatic heterocycles. The zero-order chi connectivity index (χ0) is 22.6. The molecule has 31 heavy (non-hydrogen) atoms. The summed E-state index contributed by atoms with van der Waals surface area (Å²) in [6.07, 6.45) is 0. The normalized spacial score (nSPS) is 15.0. The average Bonchev–Trinajstić information content (AvgIpc) is 2.92. The third-order valence-electron chi connectivity index (χ3n) is 5.21. The van der Waals surface area contributed by atoms with Crippen molar-refractivity contribution in [3.63, 3.8) is 0 Å². The lowest BCUT2D eigenvalue weighted by Gasteiger charge is -2.31. The highest BCUT2D eigenvalue weighted by Gasteiger charge is 2.36. The number of benzene rings is 2. The van der Waals surface area contributed by atoms with Gasteiger partial charge in [0, 0.05) is 7.05 Å². The van der Waals surface area contributed by atoms with E-state index in [-0.39, 0.29) is 22.2 Å². The van der Waals surface area contributed by atoms with Crippen molar-refractivity contribution in [2.75, 3.05) is 10.0 Å². The van der Waals surface area contributed by atoms with E-state index in [2.05, 4.69) is 10.0 Å². The lowest BCUT2D eigenvalue weighted by molar-refractivity contribution is -0.129. The lowest BCUT2D eigenvalue weighted by Crippen LogP contribution is -2.45. The van der Waals surface area contributed by atoms with Crippen molar-refractivity contribution in [2.24, 2.45) is 7.05 Å². The van der Waals surface area contributed by atoms with E-state index in [0.717, 1.165) is 0 Å². The molecule has 0 saturated heterocycles. The number of rotatable bonds is 4. The van der Waals surface area contributed by atoms with Crippen molar-refractivity contribution in [1.82, 2.24) is 9.36 Å². The number of carbonyl (C=O) groups is 1. The van der Waals surface area contributed by atoms with Gasteiger partial charge in [-0.3, -0.25) is 19.0 Å². The molecular formula is C21H22N4O5S. The Labute approximate surface area is 179 Å². The first-order chi connectivity index (χ1) is 14.5. The zero-order valence-electron chi connectivity index (χ0n) is 17.5. The minimum atomic E-state index is -4.11. The number of para-hydroxylation sites is 1. The molecule has 0 radical (unpaired) electrons. The highest BCUT2D eigenvalue weighted by molar-refractivity contribution is 7.92. The molecule has 0 bridgehead atoms. The number of amides is 1. The van der Waals surface area contributed by atoms with Crippen molar-refractivity contribution in [2.45, 2.75) is 31.3 Å². The van der Waals surface area contributed by atoms with Crippen molar-refractivity contribution >= 4 is 27.3 Å². The number of nitrogens with zero attached hydrogens (tertiary/aromatic N) is 2. The molecule has 4 rings (SSSR count). The van der Waals surface area contributed by atoms with Crippen LogP contribution in [0.3, 0.4) is 0 Å². The number of hydrogen-bond donors (Lipinski definition) is 2. The Morgan fingerprint density at radius 1 is 1.06 bits per heavy atom. The second-order valence-corrected chi connectivity index (χ2v) is 9.45. The quantitative estimate of drug-likeness (QED) is 0.645. The van der Waals surface area contributed by atoms with Crippen LogP contribution in [0.5, 0.6) is 5.75 Å². The average molecular weight is 442 g/mol. The Hall–Kier alpha value is -3.53. The van der Waals surface area contributed by atoms with Crippen LogP contribution in [0.4, 0.5) is 11.4 Å². The first kappa shape index (κ1) is 20.7. The number of fused-ring (bicyclic) bond motifs is 1. The predicted octanol–water partition coefficient (Wildman–Crippen LogP) is 2.39. The highest BCUT2D eigenvalue weighted by atomic mass is 32.2. The Balaban J connectivity index is 1.72. The van der Waals surface area contributed by atoms with E-state index < -0.39 is 21.2 Å². The zero-order valence-corrected chi connectivity index (χ0v) is 18.3. The van der Waals surface area contributed by atoms with Gasteiger partial charge in [-0.1, -0.05) is 18.2 Å². The van der Waals surface area contributed by atoms with Crippen LogP contribution >= 0.6 is 0 Å². The van der Waals surface area contributed by atoms with Gasteiger partial charge in [-0.2, -0.15) is 0 Å². The van der Waals surface area contributed by atoms with Gasteiger partial charge in [-0.05, 0) is 51.1 Å². The second-order valence-electron chi connectivity index (χ2n) is 7.77. The molecular weight excluding hydrogens is 420 g/mol. The van der Waals surface area contributed by atoms with E-state index in [9.17, 15) is 18.0 Å². The molecule has 1 aliphatic rings. The minimum absolute atomic E-state index is 0.0505. The van der Waals surface area contributed by atoms with Gasteiger partial charge in [-0.25, -0.2) is 13.1 Å². The first-order valence-electron chi connectivity index (χ1n) is 9.52. The van der Waals surface area contributed by atoms with Gasteiger partial charge in [-0.15, -0.1) is 0 Å². The molecule has 0 atom stereocenters. The number of aromatic nitrogens is 2. The fraction of sp³-hybridized carbons (Fsp3) is 0.238. The summed E-state index contributed by atoms with van der Waals surface area (Å²) in [6.45, 7) is 4.89. The summed E-state index contributed by atoms with van der Waals surface area (Å²) in [4.78, 5) is 25.0. The summed E-state index contributed by atoms with van der Waals surface area (Å²) in [5, 5.41) is 2.66. The van der Waals surface area contributed by atoms with Crippen LogP contribution in [0.15, 0.2) is 58.2 Å². The molecule has 0 saturated carbocycles. The largest absolute Gasteiger partial charge is 0.476 e. The van der Waals surface area contributed by atoms with E-state index in [0.29, 0.717) is 17.1 Å². The van der Waals surface area contributed by atoms with Crippen LogP contribution in [-0.2, 0) is 21.9 Å². The number of nitrogens with one attached hydrogen (secondary N) is 2. The van der Waals surface area contributed by atoms with Gasteiger partial charge < -0.3 is 10.1 Å². The summed E-state index contributed by atoms with van der Waals surface area (Å²) < 4.78 is 37.1. The van der Waals surface area contributed by atoms with E-state index in [1.54, 1.807) is 56.8 Å². The van der Waals surface area contributed by atoms with Crippen molar-refractivity contribution in [1.29, 1.82) is 0 Å². The van der Waals surface area contributed by atoms with Gasteiger partial charge in [0.1, 0.15) is 11.4 Å². The van der Waals surface area contributed by atoms with Crippen LogP contribution in [0.2, 0.25) is 0 Å².